The van der Waals surface area contributed by atoms with E-state index in [2.05, 4.69) is 26.3 Å². The van der Waals surface area contributed by atoms with Gasteiger partial charge in [0.2, 0.25) is 5.62 Å². The van der Waals surface area contributed by atoms with Crippen LogP contribution in [-0.4, -0.2) is 64.4 Å². The van der Waals surface area contributed by atoms with E-state index in [0.29, 0.717) is 4.98 Å². The van der Waals surface area contributed by atoms with Crippen LogP contribution in [0.5, 0.6) is 0 Å². The van der Waals surface area contributed by atoms with Gasteiger partial charge in [0.15, 0.2) is 13.2 Å². The van der Waals surface area contributed by atoms with Crippen LogP contribution in [0.15, 0.2) is 11.1 Å². The zero-order chi connectivity index (χ0) is 18.5. The monoisotopic (exact) mass is 380 g/mol. The minimum Gasteiger partial charge on any atom is -0.387 e. The maximum absolute atomic E-state index is 11.8. The summed E-state index contributed by atoms with van der Waals surface area (Å²) < 4.78 is 19.0. The van der Waals surface area contributed by atoms with Crippen molar-refractivity contribution in [1.29, 1.82) is 5.41 Å². The highest BCUT2D eigenvalue weighted by molar-refractivity contribution is 8.06. The summed E-state index contributed by atoms with van der Waals surface area (Å²) in [6.45, 7) is -4.46. The smallest absolute Gasteiger partial charge is 0.321 e. The Hall–Kier alpha value is -1.44. The van der Waals surface area contributed by atoms with E-state index in [9.17, 15) is 15.0 Å². The normalized spacial score (nSPS) is 28.4. The average Bonchev–Trinajstić information content (AvgIpc) is 3.06. The molecule has 2 aromatic rings. The van der Waals surface area contributed by atoms with Crippen molar-refractivity contribution in [3.05, 3.63) is 22.3 Å². The van der Waals surface area contributed by atoms with Crippen LogP contribution in [-0.2, 0) is 21.1 Å². The number of nitrogens with one attached hydrogen (secondary N) is 3. The van der Waals surface area contributed by atoms with Gasteiger partial charge in [0, 0.05) is 0 Å². The van der Waals surface area contributed by atoms with Crippen LogP contribution in [0.3, 0.4) is 0 Å². The third-order valence-corrected chi connectivity index (χ3v) is 4.25. The fourth-order valence-corrected chi connectivity index (χ4v) is 2.90. The molecule has 0 radical (unpaired) electrons. The number of ether oxygens (including phenoxy) is 1. The molecule has 1 aliphatic heterocycles. The Morgan fingerprint density at radius 2 is 2.25 bits per heavy atom. The molecule has 0 amide bonds. The zero-order valence-corrected chi connectivity index (χ0v) is 13.5. The molecule has 12 nitrogen and oxygen atoms in total. The molecule has 0 bridgehead atoms. The van der Waals surface area contributed by atoms with Gasteiger partial charge in [0.25, 0.3) is 5.56 Å². The van der Waals surface area contributed by atoms with E-state index in [1.54, 1.807) is 0 Å². The van der Waals surface area contributed by atoms with E-state index in [-0.39, 0.29) is 11.2 Å². The molecule has 4 atom stereocenters. The lowest BCUT2D eigenvalue weighted by atomic mass is 10.1. The molecule has 7 N–H and O–H groups in total. The average molecular weight is 380 g/mol. The van der Waals surface area contributed by atoms with Gasteiger partial charge in [0.1, 0.15) is 24.0 Å². The summed E-state index contributed by atoms with van der Waals surface area (Å²) in [7, 11) is 0. The minimum absolute atomic E-state index is 0.124. The Labute approximate surface area is 139 Å². The lowest BCUT2D eigenvalue weighted by molar-refractivity contribution is -0.0487. The van der Waals surface area contributed by atoms with Gasteiger partial charge in [-0.1, -0.05) is 0 Å². The first-order chi connectivity index (χ1) is 11.6. The molecule has 132 valence electrons. The first-order valence-electron chi connectivity index (χ1n) is 7.02. The van der Waals surface area contributed by atoms with Gasteiger partial charge in [-0.15, -0.1) is 0 Å². The number of imidazole rings is 1. The van der Waals surface area contributed by atoms with E-state index in [1.165, 1.54) is 0 Å². The quantitative estimate of drug-likeness (QED) is 0.278. The highest BCUT2D eigenvalue weighted by Gasteiger charge is 2.44. The topological polar surface area (TPSA) is 190 Å². The summed E-state index contributed by atoms with van der Waals surface area (Å²) in [5.41, 5.74) is -1.50. The fourth-order valence-electron chi connectivity index (χ4n) is 2.38. The molecule has 0 unspecified atom stereocenters. The van der Waals surface area contributed by atoms with E-state index in [0.717, 1.165) is 10.9 Å². The predicted octanol–water partition coefficient (Wildman–Crippen LogP) is -2.62. The third kappa shape index (κ3) is 3.20. The molecule has 24 heavy (non-hydrogen) atoms. The molecule has 0 saturated carbocycles. The van der Waals surface area contributed by atoms with E-state index in [4.69, 9.17) is 21.3 Å². The summed E-state index contributed by atoms with van der Waals surface area (Å²) >= 11 is 4.30. The van der Waals surface area contributed by atoms with Crippen LogP contribution in [0, 0.1) is 5.41 Å². The number of fused-ring (bicyclic) bond motifs is 1. The molecule has 1 aliphatic rings. The summed E-state index contributed by atoms with van der Waals surface area (Å²) in [4.78, 5) is 36.5. The molecule has 2 aromatic heterocycles. The van der Waals surface area contributed by atoms with Gasteiger partial charge in [-0.2, -0.15) is 0 Å². The number of aromatic nitrogens is 4. The van der Waals surface area contributed by atoms with Gasteiger partial charge < -0.3 is 34.2 Å². The van der Waals surface area contributed by atoms with Crippen molar-refractivity contribution in [2.24, 2.45) is 0 Å². The van der Waals surface area contributed by atoms with Crippen molar-refractivity contribution in [1.82, 2.24) is 19.5 Å². The van der Waals surface area contributed by atoms with Crippen molar-refractivity contribution in [3.8, 4) is 0 Å². The first kappa shape index (κ1) is 16.1. The molecule has 3 heterocycles. The van der Waals surface area contributed by atoms with Crippen LogP contribution in [0.1, 0.15) is 6.23 Å². The summed E-state index contributed by atoms with van der Waals surface area (Å²) in [6, 6.07) is 0. The molecule has 3 rings (SSSR count). The second-order valence-corrected chi connectivity index (χ2v) is 7.74. The van der Waals surface area contributed by atoms with Crippen LogP contribution in [0.25, 0.3) is 11.2 Å². The number of hydrogen-bond donors (Lipinski definition) is 7. The van der Waals surface area contributed by atoms with Crippen LogP contribution in [0.4, 0.5) is 0 Å². The predicted molar refractivity (Wildman–Crippen MR) is 81.2 cm³/mol. The van der Waals surface area contributed by atoms with Crippen molar-refractivity contribution < 1.29 is 30.7 Å². The minimum atomic E-state index is -3.97. The Kier molecular flexibility index (Phi) is 4.10. The lowest BCUT2D eigenvalue weighted by Crippen LogP contribution is -2.33. The van der Waals surface area contributed by atoms with Gasteiger partial charge in [-0.05, 0) is 11.8 Å². The molecule has 0 aromatic carbocycles. The largest absolute Gasteiger partial charge is 0.387 e. The first-order valence-corrected chi connectivity index (χ1v) is 9.20. The van der Waals surface area contributed by atoms with Gasteiger partial charge in [-0.25, -0.2) is 4.98 Å². The second kappa shape index (κ2) is 6.13. The van der Waals surface area contributed by atoms with Gasteiger partial charge in [-0.3, -0.25) is 19.8 Å². The molecule has 1 saturated heterocycles. The fraction of sp³-hybridized carbons (Fsp3) is 0.500. The standard InChI is InChI=1S/C10H14N5O7PS/c11-10-13-7-4(8(18)14-10)12-2-15(7)9-6(17)5(16)3(22-9)1-21-23(19,20)24/h2-3,5-6,9,16-17H,1H2,(H2,19,20,24)(H3,11,13,14,18)/t3-,5-,6-,9-/m1/s1/i/hD. The SMILES string of the molecule is [2H]n1c(=N)[nH]c(=O)c2ncn([C@@H]3O[C@H](COP(O)(O)=S)[C@@H](O)[C@H]3O)c21. The summed E-state index contributed by atoms with van der Waals surface area (Å²) in [5, 5.41) is 27.8. The molecular formula is C10H14N5O7PS. The maximum atomic E-state index is 11.8. The Morgan fingerprint density at radius 1 is 1.54 bits per heavy atom. The molecule has 0 spiro atoms. The lowest BCUT2D eigenvalue weighted by Gasteiger charge is -2.17. The number of nitrogens with zero attached hydrogens (tertiary/aromatic N) is 2. The van der Waals surface area contributed by atoms with Crippen molar-refractivity contribution in [3.63, 3.8) is 0 Å². The second-order valence-electron chi connectivity index (χ2n) is 5.07. The Morgan fingerprint density at radius 3 is 2.92 bits per heavy atom. The molecule has 14 heteroatoms. The summed E-state index contributed by atoms with van der Waals surface area (Å²) in [5.74, 6) is 0. The number of H-pyrrole nitrogens is 2. The molecule has 0 aliphatic carbocycles. The Bertz CT molecular complexity index is 969. The van der Waals surface area contributed by atoms with Gasteiger partial charge >= 0.3 is 6.72 Å². The van der Waals surface area contributed by atoms with Crippen LogP contribution in [0.2, 0.25) is 1.41 Å². The zero-order valence-electron chi connectivity index (χ0n) is 12.8. The third-order valence-electron chi connectivity index (χ3n) is 3.45. The highest BCUT2D eigenvalue weighted by atomic mass is 32.5. The van der Waals surface area contributed by atoms with Gasteiger partial charge in [0.05, 0.1) is 12.9 Å². The van der Waals surface area contributed by atoms with Crippen molar-refractivity contribution in [2.75, 3.05) is 6.61 Å². The van der Waals surface area contributed by atoms with Crippen LogP contribution >= 0.6 is 6.72 Å². The number of rotatable bonds is 4. The summed E-state index contributed by atoms with van der Waals surface area (Å²) in [6.07, 6.45) is -4.22. The van der Waals surface area contributed by atoms with Crippen molar-refractivity contribution in [2.45, 2.75) is 24.5 Å². The highest BCUT2D eigenvalue weighted by Crippen LogP contribution is 2.39. The van der Waals surface area contributed by atoms with Crippen LogP contribution < -0.4 is 11.2 Å². The van der Waals surface area contributed by atoms with E-state index >= 15 is 0 Å². The number of aliphatic hydroxyl groups is 2. The van der Waals surface area contributed by atoms with Crippen molar-refractivity contribution >= 4 is 29.7 Å². The molecular weight excluding hydrogens is 365 g/mol. The van der Waals surface area contributed by atoms with E-state index < -0.39 is 49.0 Å². The molecule has 1 fully saturated rings. The van der Waals surface area contributed by atoms with E-state index in [1.807, 2.05) is 0 Å². The number of aliphatic hydroxyl groups excluding tert-OH is 2. The number of aromatic amines is 2. The number of hydrogen-bond acceptors (Lipinski definition) is 8. The Balaban J connectivity index is 1.97. The maximum Gasteiger partial charge on any atom is 0.321 e.